The van der Waals surface area contributed by atoms with Crippen LogP contribution in [0.5, 0.6) is 5.75 Å². The van der Waals surface area contributed by atoms with E-state index < -0.39 is 9.84 Å². The third-order valence-electron chi connectivity index (χ3n) is 4.40. The van der Waals surface area contributed by atoms with Crippen molar-refractivity contribution in [2.24, 2.45) is 0 Å². The van der Waals surface area contributed by atoms with Crippen molar-refractivity contribution in [1.82, 2.24) is 5.32 Å². The summed E-state index contributed by atoms with van der Waals surface area (Å²) in [4.78, 5) is 13.0. The quantitative estimate of drug-likeness (QED) is 0.692. The number of ether oxygens (including phenoxy) is 1. The van der Waals surface area contributed by atoms with Crippen LogP contribution in [0.2, 0.25) is 0 Å². The molecule has 6 heteroatoms. The maximum Gasteiger partial charge on any atom is 0.252 e. The molecule has 1 atom stereocenters. The molecular formula is C22H21NO4S. The van der Waals surface area contributed by atoms with Gasteiger partial charge in [-0.05, 0) is 47.5 Å². The third-order valence-corrected chi connectivity index (χ3v) is 5.53. The van der Waals surface area contributed by atoms with Gasteiger partial charge in [-0.3, -0.25) is 4.79 Å². The van der Waals surface area contributed by atoms with Gasteiger partial charge in [0.05, 0.1) is 18.0 Å². The van der Waals surface area contributed by atoms with Gasteiger partial charge in [0.25, 0.3) is 5.91 Å². The molecule has 28 heavy (non-hydrogen) atoms. The summed E-state index contributed by atoms with van der Waals surface area (Å²) in [6.07, 6.45) is 1.14. The minimum absolute atomic E-state index is 0.179. The topological polar surface area (TPSA) is 72.5 Å². The normalized spacial score (nSPS) is 12.2. The first-order chi connectivity index (χ1) is 13.4. The van der Waals surface area contributed by atoms with Gasteiger partial charge in [-0.1, -0.05) is 42.5 Å². The second-order valence-corrected chi connectivity index (χ2v) is 8.40. The van der Waals surface area contributed by atoms with Crippen LogP contribution in [0.25, 0.3) is 0 Å². The lowest BCUT2D eigenvalue weighted by Crippen LogP contribution is -2.29. The fourth-order valence-electron chi connectivity index (χ4n) is 2.87. The fourth-order valence-corrected chi connectivity index (χ4v) is 3.50. The maximum absolute atomic E-state index is 12.8. The summed E-state index contributed by atoms with van der Waals surface area (Å²) in [6, 6.07) is 22.7. The first-order valence-electron chi connectivity index (χ1n) is 8.68. The van der Waals surface area contributed by atoms with Gasteiger partial charge < -0.3 is 10.1 Å². The zero-order chi connectivity index (χ0) is 20.1. The molecule has 0 spiro atoms. The zero-order valence-corrected chi connectivity index (χ0v) is 16.4. The Labute approximate surface area is 164 Å². The Bertz CT molecular complexity index is 1040. The number of hydrogen-bond acceptors (Lipinski definition) is 4. The average molecular weight is 395 g/mol. The lowest BCUT2D eigenvalue weighted by Gasteiger charge is -2.20. The summed E-state index contributed by atoms with van der Waals surface area (Å²) in [5, 5.41) is 3.03. The molecule has 1 N–H and O–H groups in total. The summed E-state index contributed by atoms with van der Waals surface area (Å²) in [7, 11) is -1.70. The maximum atomic E-state index is 12.8. The lowest BCUT2D eigenvalue weighted by molar-refractivity contribution is 0.0943. The second-order valence-electron chi connectivity index (χ2n) is 6.39. The highest BCUT2D eigenvalue weighted by Gasteiger charge is 2.18. The lowest BCUT2D eigenvalue weighted by atomic mass is 9.98. The first-order valence-corrected chi connectivity index (χ1v) is 10.6. The molecule has 0 aliphatic carbocycles. The summed E-state index contributed by atoms with van der Waals surface area (Å²) in [5.74, 6) is 0.447. The van der Waals surface area contributed by atoms with Crippen LogP contribution in [0.15, 0.2) is 83.8 Å². The van der Waals surface area contributed by atoms with Crippen LogP contribution < -0.4 is 10.1 Å². The minimum atomic E-state index is -3.30. The number of benzene rings is 3. The van der Waals surface area contributed by atoms with E-state index in [0.29, 0.717) is 5.56 Å². The van der Waals surface area contributed by atoms with E-state index in [1.807, 2.05) is 54.6 Å². The molecule has 3 aromatic carbocycles. The Balaban J connectivity index is 1.89. The van der Waals surface area contributed by atoms with Gasteiger partial charge in [0.2, 0.25) is 0 Å². The molecule has 3 aromatic rings. The Morgan fingerprint density at radius 2 is 1.43 bits per heavy atom. The van der Waals surface area contributed by atoms with Crippen molar-refractivity contribution in [1.29, 1.82) is 0 Å². The van der Waals surface area contributed by atoms with Gasteiger partial charge >= 0.3 is 0 Å². The molecule has 0 aliphatic rings. The molecule has 0 bridgehead atoms. The van der Waals surface area contributed by atoms with E-state index in [0.717, 1.165) is 23.1 Å². The number of carbonyl (C=O) groups is 1. The molecule has 5 nitrogen and oxygen atoms in total. The van der Waals surface area contributed by atoms with Gasteiger partial charge in [-0.15, -0.1) is 0 Å². The monoisotopic (exact) mass is 395 g/mol. The van der Waals surface area contributed by atoms with Gasteiger partial charge in [-0.2, -0.15) is 0 Å². The van der Waals surface area contributed by atoms with Crippen molar-refractivity contribution >= 4 is 15.7 Å². The van der Waals surface area contributed by atoms with Crippen molar-refractivity contribution in [3.63, 3.8) is 0 Å². The minimum Gasteiger partial charge on any atom is -0.497 e. The number of hydrogen-bond donors (Lipinski definition) is 1. The first kappa shape index (κ1) is 19.6. The number of amides is 1. The average Bonchev–Trinajstić information content (AvgIpc) is 2.72. The number of nitrogens with one attached hydrogen (secondary N) is 1. The van der Waals surface area contributed by atoms with Gasteiger partial charge in [0, 0.05) is 11.8 Å². The molecule has 1 amide bonds. The van der Waals surface area contributed by atoms with Gasteiger partial charge in [0.1, 0.15) is 5.75 Å². The largest absolute Gasteiger partial charge is 0.497 e. The fraction of sp³-hybridized carbons (Fsp3) is 0.136. The van der Waals surface area contributed by atoms with Crippen LogP contribution in [0.1, 0.15) is 27.5 Å². The Hall–Kier alpha value is -3.12. The molecule has 144 valence electrons. The van der Waals surface area contributed by atoms with Crippen LogP contribution in [0.3, 0.4) is 0 Å². The van der Waals surface area contributed by atoms with E-state index >= 15 is 0 Å². The number of methoxy groups -OCH3 is 1. The van der Waals surface area contributed by atoms with Crippen LogP contribution in [0.4, 0.5) is 0 Å². The molecule has 0 saturated heterocycles. The summed E-state index contributed by atoms with van der Waals surface area (Å²) >= 11 is 0. The van der Waals surface area contributed by atoms with Crippen LogP contribution in [-0.4, -0.2) is 27.7 Å². The molecule has 0 aromatic heterocycles. The van der Waals surface area contributed by atoms with E-state index in [9.17, 15) is 13.2 Å². The molecule has 0 radical (unpaired) electrons. The summed E-state index contributed by atoms with van der Waals surface area (Å²) < 4.78 is 28.4. The van der Waals surface area contributed by atoms with Gasteiger partial charge in [-0.25, -0.2) is 8.42 Å². The van der Waals surface area contributed by atoms with Crippen molar-refractivity contribution in [3.8, 4) is 5.75 Å². The highest BCUT2D eigenvalue weighted by atomic mass is 32.2. The molecular weight excluding hydrogens is 374 g/mol. The highest BCUT2D eigenvalue weighted by Crippen LogP contribution is 2.24. The summed E-state index contributed by atoms with van der Waals surface area (Å²) in [5.41, 5.74) is 2.24. The van der Waals surface area contributed by atoms with E-state index in [1.54, 1.807) is 7.11 Å². The van der Waals surface area contributed by atoms with Crippen molar-refractivity contribution in [3.05, 3.63) is 95.6 Å². The second kappa shape index (κ2) is 8.27. The molecule has 0 aliphatic heterocycles. The highest BCUT2D eigenvalue weighted by molar-refractivity contribution is 7.90. The summed E-state index contributed by atoms with van der Waals surface area (Å²) in [6.45, 7) is 0. The standard InChI is InChI=1S/C22H21NO4S/c1-27-19-12-8-17(9-13-19)21(16-6-4-3-5-7-16)23-22(24)18-10-14-20(15-11-18)28(2,25)26/h3-15,21H,1-2H3,(H,23,24)/t21-/m0/s1. The molecule has 0 heterocycles. The molecule has 0 saturated carbocycles. The van der Waals surface area contributed by atoms with Crippen LogP contribution >= 0.6 is 0 Å². The third kappa shape index (κ3) is 4.58. The SMILES string of the molecule is COc1ccc([C@@H](NC(=O)c2ccc(S(C)(=O)=O)cc2)c2ccccc2)cc1. The Morgan fingerprint density at radius 1 is 0.857 bits per heavy atom. The van der Waals surface area contributed by atoms with E-state index in [2.05, 4.69) is 5.32 Å². The van der Waals surface area contributed by atoms with Crippen molar-refractivity contribution in [2.75, 3.05) is 13.4 Å². The van der Waals surface area contributed by atoms with Crippen molar-refractivity contribution < 1.29 is 17.9 Å². The zero-order valence-electron chi connectivity index (χ0n) is 15.6. The molecule has 0 unspecified atom stereocenters. The smallest absolute Gasteiger partial charge is 0.252 e. The Kier molecular flexibility index (Phi) is 5.80. The van der Waals surface area contributed by atoms with Crippen molar-refractivity contribution in [2.45, 2.75) is 10.9 Å². The van der Waals surface area contributed by atoms with Crippen LogP contribution in [0, 0.1) is 0 Å². The van der Waals surface area contributed by atoms with E-state index in [4.69, 9.17) is 4.74 Å². The Morgan fingerprint density at radius 3 is 1.96 bits per heavy atom. The molecule has 3 rings (SSSR count). The predicted molar refractivity (Wildman–Crippen MR) is 108 cm³/mol. The van der Waals surface area contributed by atoms with E-state index in [1.165, 1.54) is 24.3 Å². The van der Waals surface area contributed by atoms with Gasteiger partial charge in [0.15, 0.2) is 9.84 Å². The number of sulfone groups is 1. The number of carbonyl (C=O) groups excluding carboxylic acids is 1. The van der Waals surface area contributed by atoms with Crippen LogP contribution in [-0.2, 0) is 9.84 Å². The molecule has 0 fully saturated rings. The predicted octanol–water partition coefficient (Wildman–Crippen LogP) is 3.62. The van der Waals surface area contributed by atoms with E-state index in [-0.39, 0.29) is 16.8 Å². The number of rotatable bonds is 6.